The van der Waals surface area contributed by atoms with Gasteiger partial charge in [0.1, 0.15) is 0 Å². The van der Waals surface area contributed by atoms with E-state index in [0.717, 1.165) is 36.5 Å². The highest BCUT2D eigenvalue weighted by molar-refractivity contribution is 5.32. The molecular formula is C19H28N2O2. The number of rotatable bonds is 12. The number of hydrogen-bond donors (Lipinski definition) is 0. The fraction of sp³-hybridized carbons (Fsp3) is 0.789. The number of fused-ring (bicyclic) bond motifs is 2. The fourth-order valence-corrected chi connectivity index (χ4v) is 4.47. The maximum atomic E-state index is 10.0. The van der Waals surface area contributed by atoms with Gasteiger partial charge in [0.05, 0.1) is 13.1 Å². The van der Waals surface area contributed by atoms with E-state index in [1.807, 2.05) is 0 Å². The van der Waals surface area contributed by atoms with Crippen LogP contribution in [0, 0.1) is 23.7 Å². The lowest BCUT2D eigenvalue weighted by molar-refractivity contribution is 0.261. The van der Waals surface area contributed by atoms with Crippen molar-refractivity contribution in [2.45, 2.75) is 57.8 Å². The molecule has 1 saturated carbocycles. The van der Waals surface area contributed by atoms with Crippen molar-refractivity contribution < 1.29 is 9.59 Å². The molecule has 0 radical (unpaired) electrons. The van der Waals surface area contributed by atoms with Crippen LogP contribution in [0.15, 0.2) is 22.1 Å². The zero-order chi connectivity index (χ0) is 16.3. The Morgan fingerprint density at radius 1 is 0.739 bits per heavy atom. The van der Waals surface area contributed by atoms with E-state index in [2.05, 4.69) is 22.1 Å². The maximum Gasteiger partial charge on any atom is 0.234 e. The Hall–Kier alpha value is -1.50. The standard InChI is InChI=1S/C19H28N2O2/c22-14-20-11-5-1-3-7-18-16-9-10-17(13-16)19(18)8-4-2-6-12-21-15-23/h9-10,16-19H,1-8,11-13H2. The van der Waals surface area contributed by atoms with Gasteiger partial charge in [-0.05, 0) is 55.8 Å². The minimum absolute atomic E-state index is 0.632. The molecule has 0 heterocycles. The zero-order valence-electron chi connectivity index (χ0n) is 14.0. The van der Waals surface area contributed by atoms with Crippen LogP contribution in [-0.2, 0) is 9.59 Å². The summed E-state index contributed by atoms with van der Waals surface area (Å²) in [5.41, 5.74) is 0. The smallest absolute Gasteiger partial charge is 0.211 e. The highest BCUT2D eigenvalue weighted by Crippen LogP contribution is 2.51. The van der Waals surface area contributed by atoms with Gasteiger partial charge in [-0.25, -0.2) is 19.6 Å². The van der Waals surface area contributed by atoms with Gasteiger partial charge >= 0.3 is 0 Å². The summed E-state index contributed by atoms with van der Waals surface area (Å²) >= 11 is 0. The van der Waals surface area contributed by atoms with Gasteiger partial charge in [0.2, 0.25) is 12.2 Å². The SMILES string of the molecule is O=C=NCCCCCC1C2C=CC(C2)C1CCCCCN=C=O. The number of aliphatic imine (C=N–C) groups is 2. The van der Waals surface area contributed by atoms with Crippen LogP contribution >= 0.6 is 0 Å². The third-order valence-corrected chi connectivity index (χ3v) is 5.54. The quantitative estimate of drug-likeness (QED) is 0.234. The lowest BCUT2D eigenvalue weighted by Crippen LogP contribution is -2.19. The van der Waals surface area contributed by atoms with Gasteiger partial charge in [-0.1, -0.05) is 37.8 Å². The summed E-state index contributed by atoms with van der Waals surface area (Å²) in [5, 5.41) is 0. The normalized spacial score (nSPS) is 27.7. The average molecular weight is 316 g/mol. The molecule has 0 aromatic carbocycles. The van der Waals surface area contributed by atoms with E-state index in [-0.39, 0.29) is 0 Å². The third-order valence-electron chi connectivity index (χ3n) is 5.54. The zero-order valence-corrected chi connectivity index (χ0v) is 14.0. The Morgan fingerprint density at radius 3 is 1.65 bits per heavy atom. The molecule has 2 bridgehead atoms. The highest BCUT2D eigenvalue weighted by atomic mass is 16.1. The van der Waals surface area contributed by atoms with Crippen LogP contribution in [0.3, 0.4) is 0 Å². The molecule has 2 aliphatic carbocycles. The molecule has 4 heteroatoms. The number of hydrogen-bond acceptors (Lipinski definition) is 4. The summed E-state index contributed by atoms with van der Waals surface area (Å²) in [7, 11) is 0. The summed E-state index contributed by atoms with van der Waals surface area (Å²) in [6.07, 6.45) is 18.9. The van der Waals surface area contributed by atoms with Crippen molar-refractivity contribution in [3.63, 3.8) is 0 Å². The van der Waals surface area contributed by atoms with E-state index in [1.165, 1.54) is 44.9 Å². The lowest BCUT2D eigenvalue weighted by atomic mass is 9.77. The van der Waals surface area contributed by atoms with Crippen LogP contribution in [0.5, 0.6) is 0 Å². The Bertz CT molecular complexity index is 434. The lowest BCUT2D eigenvalue weighted by Gasteiger charge is -2.28. The van der Waals surface area contributed by atoms with E-state index >= 15 is 0 Å². The molecular weight excluding hydrogens is 288 g/mol. The third kappa shape index (κ3) is 5.57. The van der Waals surface area contributed by atoms with Gasteiger partial charge in [-0.15, -0.1) is 0 Å². The largest absolute Gasteiger partial charge is 0.234 e. The summed E-state index contributed by atoms with van der Waals surface area (Å²) in [5.74, 6) is 3.32. The topological polar surface area (TPSA) is 58.9 Å². The second-order valence-electron chi connectivity index (χ2n) is 6.92. The molecule has 1 fully saturated rings. The van der Waals surface area contributed by atoms with Crippen LogP contribution in [0.4, 0.5) is 0 Å². The minimum Gasteiger partial charge on any atom is -0.211 e. The van der Waals surface area contributed by atoms with Crippen LogP contribution in [0.1, 0.15) is 57.8 Å². The minimum atomic E-state index is 0.632. The molecule has 0 spiro atoms. The van der Waals surface area contributed by atoms with Crippen LogP contribution in [0.25, 0.3) is 0 Å². The summed E-state index contributed by atoms with van der Waals surface area (Å²) in [6, 6.07) is 0. The number of unbranched alkanes of at least 4 members (excludes halogenated alkanes) is 4. The molecule has 2 rings (SSSR count). The number of nitrogens with zero attached hydrogens (tertiary/aromatic N) is 2. The van der Waals surface area contributed by atoms with Gasteiger partial charge in [-0.3, -0.25) is 0 Å². The van der Waals surface area contributed by atoms with E-state index in [9.17, 15) is 9.59 Å². The molecule has 0 amide bonds. The first-order chi connectivity index (χ1) is 11.4. The first-order valence-corrected chi connectivity index (χ1v) is 9.12. The predicted octanol–water partition coefficient (Wildman–Crippen LogP) is 4.22. The van der Waals surface area contributed by atoms with E-state index in [0.29, 0.717) is 13.1 Å². The fourth-order valence-electron chi connectivity index (χ4n) is 4.47. The van der Waals surface area contributed by atoms with Crippen molar-refractivity contribution in [3.05, 3.63) is 12.2 Å². The van der Waals surface area contributed by atoms with E-state index < -0.39 is 0 Å². The molecule has 23 heavy (non-hydrogen) atoms. The van der Waals surface area contributed by atoms with Crippen molar-refractivity contribution in [2.24, 2.45) is 33.7 Å². The Labute approximate surface area is 139 Å². The van der Waals surface area contributed by atoms with Crippen molar-refractivity contribution >= 4 is 12.2 Å². The van der Waals surface area contributed by atoms with Gasteiger partial charge in [0, 0.05) is 0 Å². The predicted molar refractivity (Wildman–Crippen MR) is 90.6 cm³/mol. The van der Waals surface area contributed by atoms with Gasteiger partial charge in [0.15, 0.2) is 0 Å². The molecule has 0 aliphatic heterocycles. The van der Waals surface area contributed by atoms with Crippen LogP contribution in [0.2, 0.25) is 0 Å². The Kier molecular flexibility index (Phi) is 8.00. The first kappa shape index (κ1) is 17.8. The van der Waals surface area contributed by atoms with E-state index in [4.69, 9.17) is 0 Å². The highest BCUT2D eigenvalue weighted by Gasteiger charge is 2.42. The van der Waals surface area contributed by atoms with Gasteiger partial charge < -0.3 is 0 Å². The monoisotopic (exact) mass is 316 g/mol. The molecule has 126 valence electrons. The molecule has 0 aromatic heterocycles. The van der Waals surface area contributed by atoms with Crippen molar-refractivity contribution in [1.82, 2.24) is 0 Å². The Balaban J connectivity index is 1.66. The Morgan fingerprint density at radius 2 is 1.22 bits per heavy atom. The number of isocyanates is 2. The van der Waals surface area contributed by atoms with Crippen molar-refractivity contribution in [2.75, 3.05) is 13.1 Å². The van der Waals surface area contributed by atoms with Gasteiger partial charge in [-0.2, -0.15) is 0 Å². The second-order valence-corrected chi connectivity index (χ2v) is 6.92. The first-order valence-electron chi connectivity index (χ1n) is 9.12. The number of allylic oxidation sites excluding steroid dienone is 2. The average Bonchev–Trinajstić information content (AvgIpc) is 3.16. The molecule has 0 N–H and O–H groups in total. The van der Waals surface area contributed by atoms with Crippen molar-refractivity contribution in [1.29, 1.82) is 0 Å². The maximum absolute atomic E-state index is 10.0. The summed E-state index contributed by atoms with van der Waals surface area (Å²) in [4.78, 5) is 27.3. The summed E-state index contributed by atoms with van der Waals surface area (Å²) in [6.45, 7) is 1.26. The number of carbonyl (C=O) groups excluding carboxylic acids is 2. The molecule has 4 atom stereocenters. The molecule has 0 saturated heterocycles. The molecule has 4 nitrogen and oxygen atoms in total. The molecule has 2 aliphatic rings. The van der Waals surface area contributed by atoms with Crippen LogP contribution < -0.4 is 0 Å². The second kappa shape index (κ2) is 10.3. The van der Waals surface area contributed by atoms with Crippen molar-refractivity contribution in [3.8, 4) is 0 Å². The van der Waals surface area contributed by atoms with Crippen LogP contribution in [-0.4, -0.2) is 25.2 Å². The van der Waals surface area contributed by atoms with Gasteiger partial charge in [0.25, 0.3) is 0 Å². The molecule has 4 unspecified atom stereocenters. The van der Waals surface area contributed by atoms with E-state index in [1.54, 1.807) is 12.2 Å². The molecule has 0 aromatic rings. The summed E-state index contributed by atoms with van der Waals surface area (Å²) < 4.78 is 0.